The van der Waals surface area contributed by atoms with Crippen molar-refractivity contribution in [3.05, 3.63) is 0 Å². The lowest BCUT2D eigenvalue weighted by molar-refractivity contribution is -0.140. The second-order valence-corrected chi connectivity index (χ2v) is 8.00. The Labute approximate surface area is 108 Å². The minimum absolute atomic E-state index is 0.0855. The Bertz CT molecular complexity index is 188. The molecule has 16 heavy (non-hydrogen) atoms. The number of carbonyl (C=O) groups excluding carboxylic acids is 1. The monoisotopic (exact) mass is 264 g/mol. The normalized spacial score (nSPS) is 11.5. The van der Waals surface area contributed by atoms with Crippen molar-refractivity contribution in [2.45, 2.75) is 57.6 Å². The fourth-order valence-electron chi connectivity index (χ4n) is 1.10. The fourth-order valence-corrected chi connectivity index (χ4v) is 3.53. The number of methoxy groups -OCH3 is 1. The van der Waals surface area contributed by atoms with E-state index in [1.54, 1.807) is 0 Å². The molecule has 0 atom stereocenters. The van der Waals surface area contributed by atoms with E-state index in [1.165, 1.54) is 25.7 Å². The highest BCUT2D eigenvalue weighted by Crippen LogP contribution is 2.35. The minimum Gasteiger partial charge on any atom is -0.469 e. The van der Waals surface area contributed by atoms with Crippen LogP contribution in [0.15, 0.2) is 0 Å². The summed E-state index contributed by atoms with van der Waals surface area (Å²) in [5, 5.41) is 0. The van der Waals surface area contributed by atoms with E-state index >= 15 is 0 Å². The maximum absolute atomic E-state index is 10.8. The minimum atomic E-state index is -0.0855. The molecule has 0 amide bonds. The first-order valence-electron chi connectivity index (χ1n) is 5.83. The molecule has 0 spiro atoms. The van der Waals surface area contributed by atoms with Crippen LogP contribution in [0.3, 0.4) is 0 Å². The van der Waals surface area contributed by atoms with Crippen molar-refractivity contribution in [1.29, 1.82) is 0 Å². The Kier molecular flexibility index (Phi) is 9.32. The number of esters is 1. The van der Waals surface area contributed by atoms with Gasteiger partial charge in [0.15, 0.2) is 0 Å². The summed E-state index contributed by atoms with van der Waals surface area (Å²) in [7, 11) is 5.35. The van der Waals surface area contributed by atoms with E-state index in [1.807, 2.05) is 21.6 Å². The maximum Gasteiger partial charge on any atom is 0.305 e. The molecule has 2 nitrogen and oxygen atoms in total. The zero-order chi connectivity index (χ0) is 12.4. The van der Waals surface area contributed by atoms with E-state index < -0.39 is 0 Å². The smallest absolute Gasteiger partial charge is 0.305 e. The summed E-state index contributed by atoms with van der Waals surface area (Å²) in [6, 6.07) is 0. The van der Waals surface area contributed by atoms with E-state index in [2.05, 4.69) is 25.5 Å². The zero-order valence-electron chi connectivity index (χ0n) is 10.9. The number of hydrogen-bond donors (Lipinski definition) is 0. The molecule has 0 radical (unpaired) electrons. The van der Waals surface area contributed by atoms with Crippen LogP contribution >= 0.6 is 21.6 Å². The van der Waals surface area contributed by atoms with Crippen molar-refractivity contribution >= 4 is 27.6 Å². The first-order valence-corrected chi connectivity index (χ1v) is 8.15. The van der Waals surface area contributed by atoms with Gasteiger partial charge < -0.3 is 4.74 Å². The standard InChI is InChI=1S/C12H24O2S2/c1-12(2,3)16-15-10-8-6-5-7-9-11(13)14-4/h5-10H2,1-4H3. The lowest BCUT2D eigenvalue weighted by atomic mass is 10.2. The van der Waals surface area contributed by atoms with E-state index in [0.717, 1.165) is 12.8 Å². The number of ether oxygens (including phenoxy) is 1. The topological polar surface area (TPSA) is 26.3 Å². The fraction of sp³-hybridized carbons (Fsp3) is 0.917. The molecule has 0 fully saturated rings. The molecule has 0 aromatic rings. The predicted molar refractivity (Wildman–Crippen MR) is 74.9 cm³/mol. The highest BCUT2D eigenvalue weighted by molar-refractivity contribution is 8.77. The van der Waals surface area contributed by atoms with Gasteiger partial charge in [0.2, 0.25) is 0 Å². The van der Waals surface area contributed by atoms with Crippen molar-refractivity contribution in [2.75, 3.05) is 12.9 Å². The lowest BCUT2D eigenvalue weighted by Gasteiger charge is -2.15. The van der Waals surface area contributed by atoms with Gasteiger partial charge in [-0.3, -0.25) is 4.79 Å². The number of unbranched alkanes of at least 4 members (excludes halogenated alkanes) is 3. The molecule has 0 N–H and O–H groups in total. The van der Waals surface area contributed by atoms with Crippen LogP contribution in [0.1, 0.15) is 52.9 Å². The van der Waals surface area contributed by atoms with Crippen LogP contribution in [-0.4, -0.2) is 23.6 Å². The molecule has 96 valence electrons. The van der Waals surface area contributed by atoms with Crippen LogP contribution in [0, 0.1) is 0 Å². The summed E-state index contributed by atoms with van der Waals surface area (Å²) in [5.74, 6) is 1.12. The average Bonchev–Trinajstić information content (AvgIpc) is 2.20. The number of carbonyl (C=O) groups is 1. The van der Waals surface area contributed by atoms with Gasteiger partial charge in [-0.15, -0.1) is 0 Å². The molecule has 0 rings (SSSR count). The SMILES string of the molecule is COC(=O)CCCCCCSSC(C)(C)C. The van der Waals surface area contributed by atoms with E-state index in [-0.39, 0.29) is 5.97 Å². The number of rotatable bonds is 8. The highest BCUT2D eigenvalue weighted by Gasteiger charge is 2.10. The van der Waals surface area contributed by atoms with Crippen molar-refractivity contribution in [3.63, 3.8) is 0 Å². The van der Waals surface area contributed by atoms with Gasteiger partial charge in [-0.25, -0.2) is 0 Å². The molecular weight excluding hydrogens is 240 g/mol. The van der Waals surface area contributed by atoms with Crippen LogP contribution in [-0.2, 0) is 9.53 Å². The van der Waals surface area contributed by atoms with Crippen LogP contribution in [0.25, 0.3) is 0 Å². The molecule has 0 aromatic heterocycles. The largest absolute Gasteiger partial charge is 0.469 e. The third kappa shape index (κ3) is 12.2. The Hall–Kier alpha value is 0.170. The van der Waals surface area contributed by atoms with E-state index in [4.69, 9.17) is 0 Å². The van der Waals surface area contributed by atoms with Gasteiger partial charge >= 0.3 is 5.97 Å². The zero-order valence-corrected chi connectivity index (χ0v) is 12.5. The first kappa shape index (κ1) is 16.2. The summed E-state index contributed by atoms with van der Waals surface area (Å²) < 4.78 is 4.94. The van der Waals surface area contributed by atoms with Gasteiger partial charge in [0.25, 0.3) is 0 Å². The maximum atomic E-state index is 10.8. The molecule has 0 saturated carbocycles. The van der Waals surface area contributed by atoms with Gasteiger partial charge in [-0.05, 0) is 12.8 Å². The lowest BCUT2D eigenvalue weighted by Crippen LogP contribution is -2.04. The molecular formula is C12H24O2S2. The molecule has 0 aliphatic heterocycles. The van der Waals surface area contributed by atoms with E-state index in [0.29, 0.717) is 11.2 Å². The molecule has 0 aliphatic rings. The van der Waals surface area contributed by atoms with Gasteiger partial charge in [0.05, 0.1) is 7.11 Å². The number of hydrogen-bond acceptors (Lipinski definition) is 4. The molecule has 0 aromatic carbocycles. The van der Waals surface area contributed by atoms with Crippen LogP contribution in [0.5, 0.6) is 0 Å². The molecule has 0 heterocycles. The van der Waals surface area contributed by atoms with Gasteiger partial charge in [-0.1, -0.05) is 55.2 Å². The molecule has 4 heteroatoms. The van der Waals surface area contributed by atoms with Crippen molar-refractivity contribution < 1.29 is 9.53 Å². The highest BCUT2D eigenvalue weighted by atomic mass is 33.1. The van der Waals surface area contributed by atoms with Crippen LogP contribution < -0.4 is 0 Å². The Morgan fingerprint density at radius 2 is 1.75 bits per heavy atom. The van der Waals surface area contributed by atoms with Crippen LogP contribution in [0.4, 0.5) is 0 Å². The van der Waals surface area contributed by atoms with Crippen molar-refractivity contribution in [1.82, 2.24) is 0 Å². The van der Waals surface area contributed by atoms with Crippen molar-refractivity contribution in [2.24, 2.45) is 0 Å². The Morgan fingerprint density at radius 1 is 1.12 bits per heavy atom. The molecule has 0 saturated heterocycles. The second kappa shape index (κ2) is 9.23. The summed E-state index contributed by atoms with van der Waals surface area (Å²) in [6.45, 7) is 6.71. The molecule has 0 unspecified atom stereocenters. The van der Waals surface area contributed by atoms with Gasteiger partial charge in [-0.2, -0.15) is 0 Å². The van der Waals surface area contributed by atoms with Gasteiger partial charge in [0, 0.05) is 16.9 Å². The quantitative estimate of drug-likeness (QED) is 0.371. The summed E-state index contributed by atoms with van der Waals surface area (Å²) in [6.07, 6.45) is 5.13. The average molecular weight is 264 g/mol. The summed E-state index contributed by atoms with van der Waals surface area (Å²) in [4.78, 5) is 10.8. The third-order valence-corrected chi connectivity index (χ3v) is 5.32. The molecule has 0 bridgehead atoms. The van der Waals surface area contributed by atoms with E-state index in [9.17, 15) is 4.79 Å². The predicted octanol–water partition coefficient (Wildman–Crippen LogP) is 4.29. The first-order chi connectivity index (χ1) is 7.45. The summed E-state index contributed by atoms with van der Waals surface area (Å²) in [5.41, 5.74) is 0. The summed E-state index contributed by atoms with van der Waals surface area (Å²) >= 11 is 0. The van der Waals surface area contributed by atoms with Crippen molar-refractivity contribution in [3.8, 4) is 0 Å². The van der Waals surface area contributed by atoms with Crippen LogP contribution in [0.2, 0.25) is 0 Å². The van der Waals surface area contributed by atoms with Gasteiger partial charge in [0.1, 0.15) is 0 Å². The molecule has 0 aliphatic carbocycles. The second-order valence-electron chi connectivity index (χ2n) is 4.76. The Morgan fingerprint density at radius 3 is 2.31 bits per heavy atom. The Balaban J connectivity index is 3.13. The third-order valence-electron chi connectivity index (χ3n) is 1.90.